The molecule has 1 fully saturated rings. The van der Waals surface area contributed by atoms with Gasteiger partial charge in [0.25, 0.3) is 0 Å². The second-order valence-corrected chi connectivity index (χ2v) is 8.45. The minimum absolute atomic E-state index is 0.263. The number of anilines is 3. The number of benzene rings is 2. The summed E-state index contributed by atoms with van der Waals surface area (Å²) in [7, 11) is 0. The topological polar surface area (TPSA) is 73.9 Å². The number of piperazine rings is 1. The van der Waals surface area contributed by atoms with Crippen molar-refractivity contribution in [3.05, 3.63) is 54.1 Å². The van der Waals surface area contributed by atoms with Crippen molar-refractivity contribution < 1.29 is 14.3 Å². The number of hydrogen-bond donors (Lipinski definition) is 2. The van der Waals surface area contributed by atoms with Crippen molar-refractivity contribution in [2.75, 3.05) is 41.7 Å². The Balaban J connectivity index is 1.50. The Bertz CT molecular complexity index is 882. The van der Waals surface area contributed by atoms with E-state index in [1.807, 2.05) is 76.2 Å². The van der Waals surface area contributed by atoms with Crippen molar-refractivity contribution in [2.24, 2.45) is 0 Å². The molecule has 3 rings (SSSR count). The van der Waals surface area contributed by atoms with E-state index in [2.05, 4.69) is 15.5 Å². The van der Waals surface area contributed by atoms with Crippen LogP contribution in [0.1, 0.15) is 26.3 Å². The first kappa shape index (κ1) is 21.5. The molecule has 0 radical (unpaired) electrons. The summed E-state index contributed by atoms with van der Waals surface area (Å²) in [6.45, 7) is 10.3. The van der Waals surface area contributed by atoms with Gasteiger partial charge < -0.3 is 25.2 Å². The van der Waals surface area contributed by atoms with Gasteiger partial charge in [-0.15, -0.1) is 0 Å². The van der Waals surface area contributed by atoms with Gasteiger partial charge in [-0.2, -0.15) is 0 Å². The summed E-state index contributed by atoms with van der Waals surface area (Å²) in [6.07, 6.45) is -0.263. The third kappa shape index (κ3) is 6.14. The van der Waals surface area contributed by atoms with E-state index < -0.39 is 5.60 Å². The lowest BCUT2D eigenvalue weighted by Gasteiger charge is -2.36. The summed E-state index contributed by atoms with van der Waals surface area (Å²) in [5, 5.41) is 5.68. The SMILES string of the molecule is Cc1cccc(NC(=O)Nc2ccc(N3CCN(C(=O)OC(C)(C)C)CC3)cc2)c1. The molecule has 3 amide bonds. The Labute approximate surface area is 178 Å². The van der Waals surface area contributed by atoms with E-state index in [9.17, 15) is 9.59 Å². The van der Waals surface area contributed by atoms with E-state index in [0.29, 0.717) is 13.1 Å². The van der Waals surface area contributed by atoms with Crippen molar-refractivity contribution in [2.45, 2.75) is 33.3 Å². The third-order valence-corrected chi connectivity index (χ3v) is 4.70. The van der Waals surface area contributed by atoms with Crippen LogP contribution >= 0.6 is 0 Å². The molecular weight excluding hydrogens is 380 g/mol. The van der Waals surface area contributed by atoms with Crippen LogP contribution in [-0.2, 0) is 4.74 Å². The van der Waals surface area contributed by atoms with Crippen LogP contribution in [0.25, 0.3) is 0 Å². The van der Waals surface area contributed by atoms with Crippen LogP contribution in [0.5, 0.6) is 0 Å². The number of urea groups is 1. The predicted octanol–water partition coefficient (Wildman–Crippen LogP) is 4.70. The Hall–Kier alpha value is -3.22. The number of carbonyl (C=O) groups excluding carboxylic acids is 2. The number of rotatable bonds is 3. The normalized spacial score (nSPS) is 14.3. The maximum Gasteiger partial charge on any atom is 0.410 e. The van der Waals surface area contributed by atoms with Crippen LogP contribution in [0.2, 0.25) is 0 Å². The highest BCUT2D eigenvalue weighted by atomic mass is 16.6. The Morgan fingerprint density at radius 2 is 1.53 bits per heavy atom. The number of nitrogens with one attached hydrogen (secondary N) is 2. The first-order valence-electron chi connectivity index (χ1n) is 10.2. The second kappa shape index (κ2) is 9.07. The minimum Gasteiger partial charge on any atom is -0.444 e. The van der Waals surface area contributed by atoms with Crippen LogP contribution in [-0.4, -0.2) is 48.8 Å². The van der Waals surface area contributed by atoms with E-state index in [1.165, 1.54) is 0 Å². The smallest absolute Gasteiger partial charge is 0.410 e. The van der Waals surface area contributed by atoms with Gasteiger partial charge in [-0.05, 0) is 69.7 Å². The molecule has 160 valence electrons. The average molecular weight is 411 g/mol. The first-order chi connectivity index (χ1) is 14.2. The average Bonchev–Trinajstić information content (AvgIpc) is 2.67. The zero-order valence-electron chi connectivity index (χ0n) is 18.1. The molecule has 1 heterocycles. The number of amides is 3. The molecule has 30 heavy (non-hydrogen) atoms. The molecule has 2 aromatic rings. The van der Waals surface area contributed by atoms with E-state index >= 15 is 0 Å². The maximum atomic E-state index is 12.2. The Kier molecular flexibility index (Phi) is 6.50. The predicted molar refractivity (Wildman–Crippen MR) is 120 cm³/mol. The molecule has 1 saturated heterocycles. The van der Waals surface area contributed by atoms with Crippen LogP contribution in [0.4, 0.5) is 26.7 Å². The maximum absolute atomic E-state index is 12.2. The van der Waals surface area contributed by atoms with Gasteiger partial charge in [0.05, 0.1) is 0 Å². The summed E-state index contributed by atoms with van der Waals surface area (Å²) < 4.78 is 5.44. The lowest BCUT2D eigenvalue weighted by molar-refractivity contribution is 0.0240. The molecule has 0 spiro atoms. The van der Waals surface area contributed by atoms with Crippen LogP contribution in [0.3, 0.4) is 0 Å². The highest BCUT2D eigenvalue weighted by Gasteiger charge is 2.25. The zero-order valence-corrected chi connectivity index (χ0v) is 18.1. The number of aryl methyl sites for hydroxylation is 1. The van der Waals surface area contributed by atoms with E-state index in [4.69, 9.17) is 4.74 Å². The fraction of sp³-hybridized carbons (Fsp3) is 0.391. The molecule has 0 bridgehead atoms. The van der Waals surface area contributed by atoms with Crippen LogP contribution < -0.4 is 15.5 Å². The van der Waals surface area contributed by atoms with Gasteiger partial charge >= 0.3 is 12.1 Å². The fourth-order valence-electron chi connectivity index (χ4n) is 3.25. The lowest BCUT2D eigenvalue weighted by atomic mass is 10.2. The van der Waals surface area contributed by atoms with Gasteiger partial charge in [-0.25, -0.2) is 9.59 Å². The number of carbonyl (C=O) groups is 2. The largest absolute Gasteiger partial charge is 0.444 e. The van der Waals surface area contributed by atoms with Gasteiger partial charge in [0.2, 0.25) is 0 Å². The van der Waals surface area contributed by atoms with Crippen molar-refractivity contribution in [3.63, 3.8) is 0 Å². The third-order valence-electron chi connectivity index (χ3n) is 4.70. The van der Waals surface area contributed by atoms with Gasteiger partial charge in [0.15, 0.2) is 0 Å². The number of ether oxygens (including phenoxy) is 1. The van der Waals surface area contributed by atoms with Crippen molar-refractivity contribution in [3.8, 4) is 0 Å². The van der Waals surface area contributed by atoms with Crippen molar-refractivity contribution in [1.82, 2.24) is 4.90 Å². The van der Waals surface area contributed by atoms with Gasteiger partial charge in [-0.3, -0.25) is 0 Å². The van der Waals surface area contributed by atoms with E-state index in [-0.39, 0.29) is 12.1 Å². The summed E-state index contributed by atoms with van der Waals surface area (Å²) in [6, 6.07) is 15.1. The molecule has 2 N–H and O–H groups in total. The minimum atomic E-state index is -0.483. The van der Waals surface area contributed by atoms with Crippen molar-refractivity contribution >= 4 is 29.2 Å². The van der Waals surface area contributed by atoms with Crippen LogP contribution in [0.15, 0.2) is 48.5 Å². The molecule has 7 nitrogen and oxygen atoms in total. The number of nitrogens with zero attached hydrogens (tertiary/aromatic N) is 2. The molecule has 0 saturated carbocycles. The highest BCUT2D eigenvalue weighted by Crippen LogP contribution is 2.21. The summed E-state index contributed by atoms with van der Waals surface area (Å²) in [5.74, 6) is 0. The summed E-state index contributed by atoms with van der Waals surface area (Å²) in [5.41, 5.74) is 3.14. The Morgan fingerprint density at radius 3 is 2.13 bits per heavy atom. The molecule has 0 aromatic heterocycles. The molecule has 0 aliphatic carbocycles. The molecule has 1 aliphatic heterocycles. The van der Waals surface area contributed by atoms with E-state index in [1.54, 1.807) is 4.90 Å². The lowest BCUT2D eigenvalue weighted by Crippen LogP contribution is -2.50. The van der Waals surface area contributed by atoms with Gasteiger partial charge in [0.1, 0.15) is 5.60 Å². The van der Waals surface area contributed by atoms with Gasteiger partial charge in [-0.1, -0.05) is 12.1 Å². The summed E-state index contributed by atoms with van der Waals surface area (Å²) in [4.78, 5) is 28.4. The van der Waals surface area contributed by atoms with Gasteiger partial charge in [0, 0.05) is 43.2 Å². The highest BCUT2D eigenvalue weighted by molar-refractivity contribution is 5.99. The standard InChI is InChI=1S/C23H30N4O3/c1-17-6-5-7-19(16-17)25-21(28)24-18-8-10-20(11-9-18)26-12-14-27(15-13-26)22(29)30-23(2,3)4/h5-11,16H,12-15H2,1-4H3,(H2,24,25,28). The fourth-order valence-corrected chi connectivity index (χ4v) is 3.25. The molecule has 0 atom stereocenters. The molecule has 2 aromatic carbocycles. The van der Waals surface area contributed by atoms with Crippen LogP contribution in [0, 0.1) is 6.92 Å². The monoisotopic (exact) mass is 410 g/mol. The first-order valence-corrected chi connectivity index (χ1v) is 10.2. The van der Waals surface area contributed by atoms with Crippen molar-refractivity contribution in [1.29, 1.82) is 0 Å². The molecule has 0 unspecified atom stereocenters. The quantitative estimate of drug-likeness (QED) is 0.769. The molecule has 1 aliphatic rings. The molecular formula is C23H30N4O3. The second-order valence-electron chi connectivity index (χ2n) is 8.45. The van der Waals surface area contributed by atoms with E-state index in [0.717, 1.165) is 35.7 Å². The molecule has 7 heteroatoms. The summed E-state index contributed by atoms with van der Waals surface area (Å²) >= 11 is 0. The number of hydrogen-bond acceptors (Lipinski definition) is 4. The Morgan fingerprint density at radius 1 is 0.900 bits per heavy atom. The zero-order chi connectivity index (χ0) is 21.7.